The van der Waals surface area contributed by atoms with Gasteiger partial charge in [0.25, 0.3) is 0 Å². The molecule has 3 unspecified atom stereocenters. The Morgan fingerprint density at radius 1 is 1.18 bits per heavy atom. The molecule has 1 N–H and O–H groups in total. The summed E-state index contributed by atoms with van der Waals surface area (Å²) in [6, 6.07) is 0. The average Bonchev–Trinajstić information content (AvgIpc) is 2.35. The van der Waals surface area contributed by atoms with Gasteiger partial charge in [0.2, 0.25) is 0 Å². The highest BCUT2D eigenvalue weighted by Gasteiger charge is 2.20. The third kappa shape index (κ3) is 5.90. The van der Waals surface area contributed by atoms with Gasteiger partial charge in [-0.15, -0.1) is 0 Å². The van der Waals surface area contributed by atoms with Gasteiger partial charge in [-0.3, -0.25) is 0 Å². The summed E-state index contributed by atoms with van der Waals surface area (Å²) < 4.78 is 0. The van der Waals surface area contributed by atoms with Gasteiger partial charge in [-0.25, -0.2) is 0 Å². The predicted molar refractivity (Wildman–Crippen MR) is 77.3 cm³/mol. The fourth-order valence-corrected chi connectivity index (χ4v) is 3.11. The van der Waals surface area contributed by atoms with E-state index in [1.54, 1.807) is 0 Å². The number of hydrogen-bond donors (Lipinski definition) is 1. The highest BCUT2D eigenvalue weighted by molar-refractivity contribution is 4.74. The van der Waals surface area contributed by atoms with Crippen LogP contribution in [-0.4, -0.2) is 13.1 Å². The smallest absolute Gasteiger partial charge is 0.00179 e. The molecule has 0 heterocycles. The molecule has 1 nitrogen and oxygen atoms in total. The van der Waals surface area contributed by atoms with E-state index in [0.29, 0.717) is 0 Å². The summed E-state index contributed by atoms with van der Waals surface area (Å²) in [5.74, 6) is 2.81. The molecular formula is C16H33N. The lowest BCUT2D eigenvalue weighted by Crippen LogP contribution is -2.32. The first-order valence-electron chi connectivity index (χ1n) is 7.98. The SMILES string of the molecule is CCCCC(CC)CNCC1CCCCC1C. The first-order valence-corrected chi connectivity index (χ1v) is 7.98. The van der Waals surface area contributed by atoms with Crippen molar-refractivity contribution in [3.05, 3.63) is 0 Å². The molecule has 0 saturated heterocycles. The van der Waals surface area contributed by atoms with Crippen LogP contribution in [0.5, 0.6) is 0 Å². The quantitative estimate of drug-likeness (QED) is 0.652. The Balaban J connectivity index is 2.12. The molecule has 1 heteroatoms. The molecule has 0 aromatic heterocycles. The van der Waals surface area contributed by atoms with Crippen molar-refractivity contribution in [1.29, 1.82) is 0 Å². The maximum absolute atomic E-state index is 3.75. The van der Waals surface area contributed by atoms with E-state index in [2.05, 4.69) is 26.1 Å². The summed E-state index contributed by atoms with van der Waals surface area (Å²) in [7, 11) is 0. The van der Waals surface area contributed by atoms with Crippen LogP contribution in [0.3, 0.4) is 0 Å². The molecule has 0 aromatic rings. The van der Waals surface area contributed by atoms with Crippen LogP contribution < -0.4 is 5.32 Å². The van der Waals surface area contributed by atoms with Gasteiger partial charge in [-0.2, -0.15) is 0 Å². The Kier molecular flexibility index (Phi) is 7.92. The summed E-state index contributed by atoms with van der Waals surface area (Å²) in [6.07, 6.45) is 11.3. The van der Waals surface area contributed by atoms with E-state index in [9.17, 15) is 0 Å². The van der Waals surface area contributed by atoms with Crippen LogP contribution in [0.4, 0.5) is 0 Å². The van der Waals surface area contributed by atoms with Crippen LogP contribution in [-0.2, 0) is 0 Å². The van der Waals surface area contributed by atoms with E-state index < -0.39 is 0 Å². The van der Waals surface area contributed by atoms with Gasteiger partial charge in [0.15, 0.2) is 0 Å². The van der Waals surface area contributed by atoms with Gasteiger partial charge in [-0.1, -0.05) is 59.3 Å². The Morgan fingerprint density at radius 3 is 2.59 bits per heavy atom. The Hall–Kier alpha value is -0.0400. The highest BCUT2D eigenvalue weighted by Crippen LogP contribution is 2.28. The van der Waals surface area contributed by atoms with Crippen molar-refractivity contribution in [2.24, 2.45) is 17.8 Å². The van der Waals surface area contributed by atoms with Crippen molar-refractivity contribution >= 4 is 0 Å². The summed E-state index contributed by atoms with van der Waals surface area (Å²) in [6.45, 7) is 9.60. The second-order valence-electron chi connectivity index (χ2n) is 6.10. The zero-order chi connectivity index (χ0) is 12.5. The largest absolute Gasteiger partial charge is 0.316 e. The standard InChI is InChI=1S/C16H33N/c1-4-6-10-15(5-2)12-17-13-16-11-8-7-9-14(16)3/h14-17H,4-13H2,1-3H3. The molecule has 0 amide bonds. The molecule has 0 aliphatic heterocycles. The van der Waals surface area contributed by atoms with E-state index in [-0.39, 0.29) is 0 Å². The zero-order valence-corrected chi connectivity index (χ0v) is 12.3. The van der Waals surface area contributed by atoms with Crippen molar-refractivity contribution in [3.8, 4) is 0 Å². The van der Waals surface area contributed by atoms with Gasteiger partial charge in [0.1, 0.15) is 0 Å². The van der Waals surface area contributed by atoms with E-state index in [0.717, 1.165) is 17.8 Å². The molecule has 0 spiro atoms. The molecule has 1 rings (SSSR count). The van der Waals surface area contributed by atoms with Gasteiger partial charge in [-0.05, 0) is 43.7 Å². The molecule has 3 atom stereocenters. The summed E-state index contributed by atoms with van der Waals surface area (Å²) in [5.41, 5.74) is 0. The number of nitrogens with one attached hydrogen (secondary N) is 1. The monoisotopic (exact) mass is 239 g/mol. The van der Waals surface area contributed by atoms with Gasteiger partial charge < -0.3 is 5.32 Å². The van der Waals surface area contributed by atoms with E-state index in [4.69, 9.17) is 0 Å². The molecule has 0 aromatic carbocycles. The second-order valence-corrected chi connectivity index (χ2v) is 6.10. The minimum absolute atomic E-state index is 0.911. The second kappa shape index (κ2) is 8.97. The molecule has 102 valence electrons. The lowest BCUT2D eigenvalue weighted by atomic mass is 9.80. The van der Waals surface area contributed by atoms with E-state index in [1.807, 2.05) is 0 Å². The van der Waals surface area contributed by atoms with Gasteiger partial charge >= 0.3 is 0 Å². The first kappa shape index (κ1) is 15.0. The third-order valence-electron chi connectivity index (χ3n) is 4.67. The number of rotatable bonds is 8. The van der Waals surface area contributed by atoms with Crippen molar-refractivity contribution in [2.75, 3.05) is 13.1 Å². The summed E-state index contributed by atoms with van der Waals surface area (Å²) in [5, 5.41) is 3.75. The summed E-state index contributed by atoms with van der Waals surface area (Å²) in [4.78, 5) is 0. The first-order chi connectivity index (χ1) is 8.27. The molecule has 0 bridgehead atoms. The van der Waals surface area contributed by atoms with Crippen molar-refractivity contribution < 1.29 is 0 Å². The van der Waals surface area contributed by atoms with Gasteiger partial charge in [0.05, 0.1) is 0 Å². The average molecular weight is 239 g/mol. The number of unbranched alkanes of at least 4 members (excludes halogenated alkanes) is 1. The molecule has 1 fully saturated rings. The Bertz CT molecular complexity index is 178. The molecule has 1 saturated carbocycles. The van der Waals surface area contributed by atoms with Crippen LogP contribution in [0, 0.1) is 17.8 Å². The maximum atomic E-state index is 3.75. The highest BCUT2D eigenvalue weighted by atomic mass is 14.9. The fourth-order valence-electron chi connectivity index (χ4n) is 3.11. The lowest BCUT2D eigenvalue weighted by molar-refractivity contribution is 0.242. The fraction of sp³-hybridized carbons (Fsp3) is 1.00. The maximum Gasteiger partial charge on any atom is -0.00179 e. The van der Waals surface area contributed by atoms with Crippen LogP contribution in [0.1, 0.15) is 72.1 Å². The zero-order valence-electron chi connectivity index (χ0n) is 12.3. The van der Waals surface area contributed by atoms with Crippen molar-refractivity contribution in [1.82, 2.24) is 5.32 Å². The Morgan fingerprint density at radius 2 is 1.94 bits per heavy atom. The van der Waals surface area contributed by atoms with E-state index in [1.165, 1.54) is 64.5 Å². The van der Waals surface area contributed by atoms with Crippen LogP contribution >= 0.6 is 0 Å². The Labute approximate surface area is 109 Å². The third-order valence-corrected chi connectivity index (χ3v) is 4.67. The molecule has 17 heavy (non-hydrogen) atoms. The normalized spacial score (nSPS) is 27.0. The lowest BCUT2D eigenvalue weighted by Gasteiger charge is -2.29. The summed E-state index contributed by atoms with van der Waals surface area (Å²) >= 11 is 0. The van der Waals surface area contributed by atoms with Crippen molar-refractivity contribution in [3.63, 3.8) is 0 Å². The van der Waals surface area contributed by atoms with Gasteiger partial charge in [0, 0.05) is 0 Å². The molecule has 1 aliphatic carbocycles. The van der Waals surface area contributed by atoms with Crippen LogP contribution in [0.15, 0.2) is 0 Å². The van der Waals surface area contributed by atoms with E-state index >= 15 is 0 Å². The molecule has 0 radical (unpaired) electrons. The van der Waals surface area contributed by atoms with Crippen LogP contribution in [0.25, 0.3) is 0 Å². The minimum Gasteiger partial charge on any atom is -0.316 e. The van der Waals surface area contributed by atoms with Crippen molar-refractivity contribution in [2.45, 2.75) is 72.1 Å². The predicted octanol–water partition coefficient (Wildman–Crippen LogP) is 4.62. The minimum atomic E-state index is 0.911. The topological polar surface area (TPSA) is 12.0 Å². The van der Waals surface area contributed by atoms with Crippen LogP contribution in [0.2, 0.25) is 0 Å². The molecule has 1 aliphatic rings. The molecular weight excluding hydrogens is 206 g/mol. The number of hydrogen-bond acceptors (Lipinski definition) is 1.